The summed E-state index contributed by atoms with van der Waals surface area (Å²) in [5.74, 6) is -0.376. The van der Waals surface area contributed by atoms with Gasteiger partial charge in [0.25, 0.3) is 0 Å². The van der Waals surface area contributed by atoms with Crippen LogP contribution in [0.25, 0.3) is 0 Å². The lowest BCUT2D eigenvalue weighted by Gasteiger charge is -2.06. The highest BCUT2D eigenvalue weighted by atomic mass is 35.5. The fourth-order valence-corrected chi connectivity index (χ4v) is 1.39. The van der Waals surface area contributed by atoms with E-state index in [0.29, 0.717) is 5.02 Å². The van der Waals surface area contributed by atoms with Crippen molar-refractivity contribution in [1.82, 2.24) is 0 Å². The Kier molecular flexibility index (Phi) is 5.38. The van der Waals surface area contributed by atoms with E-state index in [-0.39, 0.29) is 31.1 Å². The van der Waals surface area contributed by atoms with Crippen molar-refractivity contribution in [3.8, 4) is 5.75 Å². The largest absolute Gasteiger partial charge is 0.486 e. The molecule has 0 fully saturated rings. The molecule has 0 atom stereocenters. The Bertz CT molecular complexity index is 449. The molecule has 18 heavy (non-hydrogen) atoms. The number of benzene rings is 1. The number of nitro benzene ring substituents is 1. The third-order valence-electron chi connectivity index (χ3n) is 1.99. The molecule has 0 saturated heterocycles. The molecule has 0 unspecified atom stereocenters. The van der Waals surface area contributed by atoms with E-state index in [4.69, 9.17) is 21.1 Å². The Labute approximate surface area is 109 Å². The maximum atomic E-state index is 11.1. The Morgan fingerprint density at radius 3 is 2.83 bits per heavy atom. The van der Waals surface area contributed by atoms with Crippen LogP contribution in [0.2, 0.25) is 5.02 Å². The fourth-order valence-electron chi connectivity index (χ4n) is 1.23. The van der Waals surface area contributed by atoms with Crippen molar-refractivity contribution < 1.29 is 19.2 Å². The molecule has 0 N–H and O–H groups in total. The Balaban J connectivity index is 2.63. The Morgan fingerprint density at radius 2 is 2.22 bits per heavy atom. The molecule has 0 radical (unpaired) electrons. The summed E-state index contributed by atoms with van der Waals surface area (Å²) in [5, 5.41) is 11.0. The highest BCUT2D eigenvalue weighted by molar-refractivity contribution is 6.30. The molecule has 0 saturated carbocycles. The van der Waals surface area contributed by atoms with Gasteiger partial charge in [0.05, 0.1) is 24.6 Å². The highest BCUT2D eigenvalue weighted by Crippen LogP contribution is 2.29. The molecule has 1 aromatic rings. The lowest BCUT2D eigenvalue weighted by Crippen LogP contribution is -2.10. The number of nitrogens with zero attached hydrogens (tertiary/aromatic N) is 1. The molecule has 0 aliphatic carbocycles. The monoisotopic (exact) mass is 273 g/mol. The summed E-state index contributed by atoms with van der Waals surface area (Å²) >= 11 is 5.72. The number of ether oxygens (including phenoxy) is 2. The van der Waals surface area contributed by atoms with Crippen molar-refractivity contribution in [1.29, 1.82) is 0 Å². The zero-order valence-electron chi connectivity index (χ0n) is 9.72. The average Bonchev–Trinajstić information content (AvgIpc) is 2.29. The molecule has 6 nitrogen and oxygen atoms in total. The second-order valence-electron chi connectivity index (χ2n) is 3.27. The number of rotatable bonds is 6. The molecule has 1 rings (SSSR count). The average molecular weight is 274 g/mol. The van der Waals surface area contributed by atoms with Gasteiger partial charge in [0, 0.05) is 17.2 Å². The van der Waals surface area contributed by atoms with Crippen molar-refractivity contribution in [2.24, 2.45) is 0 Å². The number of hydrogen-bond acceptors (Lipinski definition) is 5. The Morgan fingerprint density at radius 1 is 1.50 bits per heavy atom. The molecule has 98 valence electrons. The van der Waals surface area contributed by atoms with Crippen LogP contribution in [-0.4, -0.2) is 24.1 Å². The van der Waals surface area contributed by atoms with Crippen LogP contribution in [0, 0.1) is 10.1 Å². The molecule has 0 spiro atoms. The van der Waals surface area contributed by atoms with Gasteiger partial charge in [0.15, 0.2) is 5.75 Å². The van der Waals surface area contributed by atoms with E-state index in [1.807, 2.05) is 0 Å². The molecule has 0 aliphatic rings. The number of halogens is 1. The van der Waals surface area contributed by atoms with E-state index < -0.39 is 10.9 Å². The highest BCUT2D eigenvalue weighted by Gasteiger charge is 2.15. The number of esters is 1. The minimum absolute atomic E-state index is 0.0000154. The van der Waals surface area contributed by atoms with Crippen molar-refractivity contribution in [2.45, 2.75) is 13.3 Å². The standard InChI is InChI=1S/C11H12ClNO5/c1-2-17-11(14)5-6-18-10-7-8(12)3-4-9(10)13(15)16/h3-4,7H,2,5-6H2,1H3. The van der Waals surface area contributed by atoms with Crippen LogP contribution in [0.15, 0.2) is 18.2 Å². The minimum atomic E-state index is -0.573. The minimum Gasteiger partial charge on any atom is -0.486 e. The third-order valence-corrected chi connectivity index (χ3v) is 2.22. The second kappa shape index (κ2) is 6.80. The SMILES string of the molecule is CCOC(=O)CCOc1cc(Cl)ccc1[N+](=O)[O-]. The summed E-state index contributed by atoms with van der Waals surface area (Å²) in [6.07, 6.45) is 0.0253. The number of carbonyl (C=O) groups is 1. The zero-order chi connectivity index (χ0) is 13.5. The molecule has 0 amide bonds. The first-order valence-corrected chi connectivity index (χ1v) is 5.64. The number of nitro groups is 1. The van der Waals surface area contributed by atoms with E-state index >= 15 is 0 Å². The van der Waals surface area contributed by atoms with Crippen molar-refractivity contribution in [3.05, 3.63) is 33.3 Å². The van der Waals surface area contributed by atoms with Gasteiger partial charge in [-0.3, -0.25) is 14.9 Å². The van der Waals surface area contributed by atoms with Crippen LogP contribution in [-0.2, 0) is 9.53 Å². The van der Waals surface area contributed by atoms with Gasteiger partial charge in [-0.2, -0.15) is 0 Å². The molecule has 0 heterocycles. The van der Waals surface area contributed by atoms with Gasteiger partial charge in [-0.15, -0.1) is 0 Å². The topological polar surface area (TPSA) is 78.7 Å². The van der Waals surface area contributed by atoms with Gasteiger partial charge in [-0.05, 0) is 13.0 Å². The van der Waals surface area contributed by atoms with Gasteiger partial charge in [-0.1, -0.05) is 11.6 Å². The van der Waals surface area contributed by atoms with E-state index in [2.05, 4.69) is 0 Å². The first kappa shape index (κ1) is 14.2. The van der Waals surface area contributed by atoms with Gasteiger partial charge in [-0.25, -0.2) is 0 Å². The summed E-state index contributed by atoms with van der Waals surface area (Å²) in [5.41, 5.74) is -0.191. The molecule has 7 heteroatoms. The van der Waals surface area contributed by atoms with Crippen LogP contribution in [0.1, 0.15) is 13.3 Å². The van der Waals surface area contributed by atoms with Gasteiger partial charge in [0.2, 0.25) is 0 Å². The number of hydrogen-bond donors (Lipinski definition) is 0. The first-order valence-electron chi connectivity index (χ1n) is 5.27. The van der Waals surface area contributed by atoms with E-state index in [1.165, 1.54) is 18.2 Å². The van der Waals surface area contributed by atoms with E-state index in [1.54, 1.807) is 6.92 Å². The van der Waals surface area contributed by atoms with Gasteiger partial charge in [0.1, 0.15) is 0 Å². The summed E-state index contributed by atoms with van der Waals surface area (Å²) in [7, 11) is 0. The van der Waals surface area contributed by atoms with E-state index in [9.17, 15) is 14.9 Å². The summed E-state index contributed by atoms with van der Waals surface area (Å²) in [6, 6.07) is 3.99. The van der Waals surface area contributed by atoms with Crippen LogP contribution >= 0.6 is 11.6 Å². The van der Waals surface area contributed by atoms with Crippen molar-refractivity contribution >= 4 is 23.3 Å². The molecule has 0 bridgehead atoms. The van der Waals surface area contributed by atoms with Crippen LogP contribution in [0.3, 0.4) is 0 Å². The molecule has 1 aromatic carbocycles. The fraction of sp³-hybridized carbons (Fsp3) is 0.364. The molecule has 0 aliphatic heterocycles. The van der Waals surface area contributed by atoms with Crippen LogP contribution < -0.4 is 4.74 Å². The van der Waals surface area contributed by atoms with Gasteiger partial charge < -0.3 is 9.47 Å². The molecule has 0 aromatic heterocycles. The van der Waals surface area contributed by atoms with Crippen molar-refractivity contribution in [2.75, 3.05) is 13.2 Å². The maximum Gasteiger partial charge on any atom is 0.311 e. The maximum absolute atomic E-state index is 11.1. The third kappa shape index (κ3) is 4.21. The van der Waals surface area contributed by atoms with Crippen LogP contribution in [0.4, 0.5) is 5.69 Å². The lowest BCUT2D eigenvalue weighted by atomic mass is 10.3. The smallest absolute Gasteiger partial charge is 0.311 e. The summed E-state index contributed by atoms with van der Waals surface area (Å²) in [4.78, 5) is 21.2. The quantitative estimate of drug-likeness (QED) is 0.452. The summed E-state index contributed by atoms with van der Waals surface area (Å²) in [6.45, 7) is 1.98. The Hall–Kier alpha value is -1.82. The van der Waals surface area contributed by atoms with Gasteiger partial charge >= 0.3 is 11.7 Å². The predicted molar refractivity (Wildman–Crippen MR) is 64.9 cm³/mol. The van der Waals surface area contributed by atoms with E-state index in [0.717, 1.165) is 0 Å². The van der Waals surface area contributed by atoms with Crippen LogP contribution in [0.5, 0.6) is 5.75 Å². The van der Waals surface area contributed by atoms with Crippen molar-refractivity contribution in [3.63, 3.8) is 0 Å². The second-order valence-corrected chi connectivity index (χ2v) is 3.71. The normalized spacial score (nSPS) is 9.89. The molecular formula is C11H12ClNO5. The molecular weight excluding hydrogens is 262 g/mol. The first-order chi connectivity index (χ1) is 8.54. The zero-order valence-corrected chi connectivity index (χ0v) is 10.5. The predicted octanol–water partition coefficient (Wildman–Crippen LogP) is 2.58. The lowest BCUT2D eigenvalue weighted by molar-refractivity contribution is -0.385. The number of carbonyl (C=O) groups excluding carboxylic acids is 1. The summed E-state index contributed by atoms with van der Waals surface area (Å²) < 4.78 is 9.87.